The number of hydrogen-bond donors (Lipinski definition) is 1. The van der Waals surface area contributed by atoms with Gasteiger partial charge in [-0.1, -0.05) is 42.5 Å². The molecule has 2 aromatic carbocycles. The number of benzene rings is 2. The van der Waals surface area contributed by atoms with Gasteiger partial charge in [-0.15, -0.1) is 0 Å². The highest BCUT2D eigenvalue weighted by atomic mass is 32.2. The molecule has 0 radical (unpaired) electrons. The number of carbonyl (C=O) groups is 2. The van der Waals surface area contributed by atoms with Gasteiger partial charge in [-0.25, -0.2) is 0 Å². The average molecular weight is 351 g/mol. The van der Waals surface area contributed by atoms with E-state index >= 15 is 0 Å². The second kappa shape index (κ2) is 7.36. The molecule has 1 N–H and O–H groups in total. The first-order valence-corrected chi connectivity index (χ1v) is 8.54. The molecule has 0 aliphatic carbocycles. The van der Waals surface area contributed by atoms with E-state index in [4.69, 9.17) is 0 Å². The second-order valence-electron chi connectivity index (χ2n) is 5.50. The summed E-state index contributed by atoms with van der Waals surface area (Å²) in [5.41, 5.74) is 1.88. The summed E-state index contributed by atoms with van der Waals surface area (Å²) in [4.78, 5) is 25.7. The third-order valence-corrected chi connectivity index (χ3v) is 4.58. The van der Waals surface area contributed by atoms with Gasteiger partial charge < -0.3 is 5.32 Å². The first kappa shape index (κ1) is 17.0. The fourth-order valence-electron chi connectivity index (χ4n) is 2.39. The zero-order valence-electron chi connectivity index (χ0n) is 13.9. The molecule has 1 amide bonds. The van der Waals surface area contributed by atoms with Crippen LogP contribution >= 0.6 is 11.8 Å². The molecule has 0 saturated carbocycles. The first-order chi connectivity index (χ1) is 12.0. The van der Waals surface area contributed by atoms with Crippen LogP contribution in [0.4, 0.5) is 5.82 Å². The fourth-order valence-corrected chi connectivity index (χ4v) is 3.26. The Morgan fingerprint density at radius 1 is 1.04 bits per heavy atom. The van der Waals surface area contributed by atoms with Crippen molar-refractivity contribution in [3.8, 4) is 0 Å². The Kier molecular flexibility index (Phi) is 5.00. The minimum absolute atomic E-state index is 0.0998. The molecule has 126 valence electrons. The fraction of sp³-hybridized carbons (Fsp3) is 0.105. The van der Waals surface area contributed by atoms with Crippen molar-refractivity contribution in [3.05, 3.63) is 77.5 Å². The average Bonchev–Trinajstić information content (AvgIpc) is 2.93. The molecule has 0 saturated heterocycles. The smallest absolute Gasteiger partial charge is 0.257 e. The van der Waals surface area contributed by atoms with Crippen LogP contribution in [0, 0.1) is 6.92 Å². The minimum atomic E-state index is -0.271. The summed E-state index contributed by atoms with van der Waals surface area (Å²) in [6, 6.07) is 17.9. The molecule has 25 heavy (non-hydrogen) atoms. The van der Waals surface area contributed by atoms with E-state index in [1.807, 2.05) is 31.2 Å². The SMILES string of the molecule is Cc1cc(NC(=O)c2ccccc2SC(=O)c2ccccc2)n(C)n1. The summed E-state index contributed by atoms with van der Waals surface area (Å²) < 4.78 is 1.61. The van der Waals surface area contributed by atoms with E-state index < -0.39 is 0 Å². The molecule has 0 spiro atoms. The lowest BCUT2D eigenvalue weighted by atomic mass is 10.2. The highest BCUT2D eigenvalue weighted by molar-refractivity contribution is 8.14. The number of aryl methyl sites for hydroxylation is 2. The zero-order chi connectivity index (χ0) is 17.8. The van der Waals surface area contributed by atoms with E-state index in [1.54, 1.807) is 48.1 Å². The van der Waals surface area contributed by atoms with Crippen LogP contribution in [-0.4, -0.2) is 20.8 Å². The van der Waals surface area contributed by atoms with E-state index in [9.17, 15) is 9.59 Å². The largest absolute Gasteiger partial charge is 0.307 e. The summed E-state index contributed by atoms with van der Waals surface area (Å²) in [6.45, 7) is 1.86. The molecule has 0 aliphatic rings. The molecule has 6 heteroatoms. The topological polar surface area (TPSA) is 64.0 Å². The quantitative estimate of drug-likeness (QED) is 0.724. The number of rotatable bonds is 4. The Morgan fingerprint density at radius 3 is 2.40 bits per heavy atom. The Bertz CT molecular complexity index is 919. The first-order valence-electron chi connectivity index (χ1n) is 7.73. The number of nitrogens with zero attached hydrogens (tertiary/aromatic N) is 2. The Hall–Kier alpha value is -2.86. The van der Waals surface area contributed by atoms with E-state index in [2.05, 4.69) is 10.4 Å². The van der Waals surface area contributed by atoms with Crippen LogP contribution in [-0.2, 0) is 7.05 Å². The number of hydrogen-bond acceptors (Lipinski definition) is 4. The van der Waals surface area contributed by atoms with E-state index in [0.717, 1.165) is 17.5 Å². The molecular formula is C19H17N3O2S. The molecule has 3 aromatic rings. The normalized spacial score (nSPS) is 10.5. The van der Waals surface area contributed by atoms with Gasteiger partial charge in [-0.05, 0) is 30.8 Å². The number of carbonyl (C=O) groups excluding carboxylic acids is 2. The Morgan fingerprint density at radius 2 is 1.72 bits per heavy atom. The lowest BCUT2D eigenvalue weighted by Crippen LogP contribution is -2.15. The molecular weight excluding hydrogens is 334 g/mol. The van der Waals surface area contributed by atoms with Crippen LogP contribution in [0.3, 0.4) is 0 Å². The summed E-state index contributed by atoms with van der Waals surface area (Å²) in [5.74, 6) is 0.337. The summed E-state index contributed by atoms with van der Waals surface area (Å²) in [5, 5.41) is 6.95. The van der Waals surface area contributed by atoms with Gasteiger partial charge in [-0.3, -0.25) is 14.3 Å². The van der Waals surface area contributed by atoms with Crippen molar-refractivity contribution in [3.63, 3.8) is 0 Å². The highest BCUT2D eigenvalue weighted by Gasteiger charge is 2.16. The van der Waals surface area contributed by atoms with Crippen molar-refractivity contribution in [2.45, 2.75) is 11.8 Å². The van der Waals surface area contributed by atoms with Gasteiger partial charge in [0.15, 0.2) is 0 Å². The molecule has 0 aliphatic heterocycles. The van der Waals surface area contributed by atoms with Gasteiger partial charge in [0, 0.05) is 23.6 Å². The number of thioether (sulfide) groups is 1. The van der Waals surface area contributed by atoms with E-state index in [1.165, 1.54) is 0 Å². The second-order valence-corrected chi connectivity index (χ2v) is 6.52. The van der Waals surface area contributed by atoms with Crippen LogP contribution in [0.1, 0.15) is 26.4 Å². The van der Waals surface area contributed by atoms with E-state index in [-0.39, 0.29) is 11.0 Å². The van der Waals surface area contributed by atoms with Crippen molar-refractivity contribution in [2.24, 2.45) is 7.05 Å². The predicted octanol–water partition coefficient (Wildman–Crippen LogP) is 3.91. The Labute approximate surface area is 150 Å². The van der Waals surface area contributed by atoms with Gasteiger partial charge in [0.25, 0.3) is 5.91 Å². The van der Waals surface area contributed by atoms with Crippen molar-refractivity contribution < 1.29 is 9.59 Å². The molecule has 0 atom stereocenters. The summed E-state index contributed by atoms with van der Waals surface area (Å²) in [6.07, 6.45) is 0. The van der Waals surface area contributed by atoms with Gasteiger partial charge in [0.1, 0.15) is 5.82 Å². The lowest BCUT2D eigenvalue weighted by molar-refractivity contribution is 0.102. The zero-order valence-corrected chi connectivity index (χ0v) is 14.7. The molecule has 0 fully saturated rings. The molecule has 0 bridgehead atoms. The van der Waals surface area contributed by atoms with Crippen molar-refractivity contribution >= 4 is 28.6 Å². The van der Waals surface area contributed by atoms with Gasteiger partial charge >= 0.3 is 0 Å². The number of anilines is 1. The third-order valence-electron chi connectivity index (χ3n) is 3.59. The van der Waals surface area contributed by atoms with Crippen molar-refractivity contribution in [1.82, 2.24) is 9.78 Å². The van der Waals surface area contributed by atoms with Gasteiger partial charge in [0.2, 0.25) is 5.12 Å². The molecule has 1 aromatic heterocycles. The van der Waals surface area contributed by atoms with Crippen molar-refractivity contribution in [1.29, 1.82) is 0 Å². The minimum Gasteiger partial charge on any atom is -0.307 e. The van der Waals surface area contributed by atoms with Crippen LogP contribution in [0.2, 0.25) is 0 Å². The molecule has 3 rings (SSSR count). The van der Waals surface area contributed by atoms with Crippen LogP contribution < -0.4 is 5.32 Å². The Balaban J connectivity index is 1.82. The lowest BCUT2D eigenvalue weighted by Gasteiger charge is -2.09. The van der Waals surface area contributed by atoms with Crippen LogP contribution in [0.15, 0.2) is 65.6 Å². The number of aromatic nitrogens is 2. The molecule has 5 nitrogen and oxygen atoms in total. The van der Waals surface area contributed by atoms with Crippen molar-refractivity contribution in [2.75, 3.05) is 5.32 Å². The van der Waals surface area contributed by atoms with E-state index in [0.29, 0.717) is 21.8 Å². The molecule has 0 unspecified atom stereocenters. The predicted molar refractivity (Wildman–Crippen MR) is 99.0 cm³/mol. The maximum Gasteiger partial charge on any atom is 0.257 e. The van der Waals surface area contributed by atoms with Crippen LogP contribution in [0.5, 0.6) is 0 Å². The number of nitrogens with one attached hydrogen (secondary N) is 1. The summed E-state index contributed by atoms with van der Waals surface area (Å²) in [7, 11) is 1.77. The van der Waals surface area contributed by atoms with Gasteiger partial charge in [-0.2, -0.15) is 5.10 Å². The summed E-state index contributed by atoms with van der Waals surface area (Å²) >= 11 is 1.05. The highest BCUT2D eigenvalue weighted by Crippen LogP contribution is 2.27. The van der Waals surface area contributed by atoms with Crippen LogP contribution in [0.25, 0.3) is 0 Å². The third kappa shape index (κ3) is 3.97. The van der Waals surface area contributed by atoms with Gasteiger partial charge in [0.05, 0.1) is 11.3 Å². The number of amides is 1. The maximum atomic E-state index is 12.6. The molecule has 1 heterocycles. The monoisotopic (exact) mass is 351 g/mol. The standard InChI is InChI=1S/C19H17N3O2S/c1-13-12-17(22(2)21-13)20-18(23)15-10-6-7-11-16(15)25-19(24)14-8-4-3-5-9-14/h3-12H,1-2H3,(H,20,23). The maximum absolute atomic E-state index is 12.6.